The second kappa shape index (κ2) is 6.93. The van der Waals surface area contributed by atoms with Crippen LogP contribution in [0.1, 0.15) is 25.7 Å². The van der Waals surface area contributed by atoms with Gasteiger partial charge in [0.2, 0.25) is 0 Å². The van der Waals surface area contributed by atoms with Crippen LogP contribution in [0.4, 0.5) is 9.59 Å². The van der Waals surface area contributed by atoms with Gasteiger partial charge in [0, 0.05) is 32.6 Å². The minimum atomic E-state index is -1.79. The molecule has 0 N–H and O–H groups in total. The molecule has 129 valence electrons. The van der Waals surface area contributed by atoms with Gasteiger partial charge >= 0.3 is 12.3 Å². The molecule has 2 saturated heterocycles. The fourth-order valence-corrected chi connectivity index (χ4v) is 1.75. The van der Waals surface area contributed by atoms with Crippen molar-refractivity contribution in [2.45, 2.75) is 32.0 Å². The fraction of sp³-hybridized carbons (Fsp3) is 0.417. The van der Waals surface area contributed by atoms with E-state index >= 15 is 0 Å². The van der Waals surface area contributed by atoms with Gasteiger partial charge < -0.3 is 9.47 Å². The lowest BCUT2D eigenvalue weighted by Crippen LogP contribution is -2.36. The molecule has 0 bridgehead atoms. The molecule has 1 radical (unpaired) electrons. The Morgan fingerprint density at radius 3 is 1.33 bits per heavy atom. The average molecular weight is 343 g/mol. The highest BCUT2D eigenvalue weighted by Crippen LogP contribution is 2.14. The van der Waals surface area contributed by atoms with Gasteiger partial charge in [-0.3, -0.25) is 28.9 Å². The number of nitrogens with zero attached hydrogens (tertiary/aromatic N) is 2. The van der Waals surface area contributed by atoms with Crippen molar-refractivity contribution in [2.75, 3.05) is 0 Å². The molecule has 0 aliphatic carbocycles. The quantitative estimate of drug-likeness (QED) is 0.374. The molecule has 0 spiro atoms. The van der Waals surface area contributed by atoms with E-state index < -0.39 is 42.2 Å². The van der Waals surface area contributed by atoms with E-state index in [4.69, 9.17) is 0 Å². The molecule has 0 aromatic heterocycles. The molecule has 2 aliphatic rings. The standard InChI is InChI=1S/C12H11N2O10/c1-6(21-11(19)23-13-7(15)2-3-8(13)16)22-12(20)24-14-9(17)4-5-10(14)18/h6H,1-5H2. The van der Waals surface area contributed by atoms with E-state index in [2.05, 4.69) is 26.1 Å². The van der Waals surface area contributed by atoms with E-state index in [1.54, 1.807) is 0 Å². The smallest absolute Gasteiger partial charge is 0.392 e. The number of hydrogen-bond acceptors (Lipinski definition) is 10. The molecule has 0 saturated carbocycles. The molecule has 12 nitrogen and oxygen atoms in total. The van der Waals surface area contributed by atoms with Crippen LogP contribution in [0.25, 0.3) is 0 Å². The summed E-state index contributed by atoms with van der Waals surface area (Å²) in [6.45, 7) is 3.12. The topological polar surface area (TPSA) is 146 Å². The second-order valence-electron chi connectivity index (χ2n) is 4.51. The molecule has 0 aromatic rings. The fourth-order valence-electron chi connectivity index (χ4n) is 1.75. The molecule has 4 amide bonds. The first-order valence-corrected chi connectivity index (χ1v) is 6.59. The third-order valence-corrected chi connectivity index (χ3v) is 2.80. The number of hydroxylamine groups is 4. The Morgan fingerprint density at radius 2 is 1.04 bits per heavy atom. The first-order chi connectivity index (χ1) is 11.3. The van der Waals surface area contributed by atoms with Gasteiger partial charge in [0.15, 0.2) is 0 Å². The zero-order valence-electron chi connectivity index (χ0n) is 12.1. The van der Waals surface area contributed by atoms with Gasteiger partial charge in [-0.25, -0.2) is 9.59 Å². The zero-order valence-corrected chi connectivity index (χ0v) is 12.1. The molecule has 24 heavy (non-hydrogen) atoms. The Kier molecular flexibility index (Phi) is 4.96. The Bertz CT molecular complexity index is 531. The van der Waals surface area contributed by atoms with Crippen molar-refractivity contribution in [3.63, 3.8) is 0 Å². The summed E-state index contributed by atoms with van der Waals surface area (Å²) in [6, 6.07) is 0. The van der Waals surface area contributed by atoms with Crippen LogP contribution < -0.4 is 0 Å². The van der Waals surface area contributed by atoms with E-state index in [0.29, 0.717) is 0 Å². The lowest BCUT2D eigenvalue weighted by molar-refractivity contribution is -0.190. The van der Waals surface area contributed by atoms with Crippen LogP contribution in [-0.4, -0.2) is 52.4 Å². The Hall–Kier alpha value is -3.18. The van der Waals surface area contributed by atoms with Crippen molar-refractivity contribution in [1.29, 1.82) is 0 Å². The minimum Gasteiger partial charge on any atom is -0.392 e. The number of ether oxygens (including phenoxy) is 2. The van der Waals surface area contributed by atoms with Gasteiger partial charge in [-0.05, 0) is 0 Å². The maximum absolute atomic E-state index is 11.3. The van der Waals surface area contributed by atoms with Crippen molar-refractivity contribution in [3.8, 4) is 0 Å². The van der Waals surface area contributed by atoms with Gasteiger partial charge in [0.25, 0.3) is 29.9 Å². The highest BCUT2D eigenvalue weighted by atomic mass is 16.9. The number of carbonyl (C=O) groups is 6. The Morgan fingerprint density at radius 1 is 0.750 bits per heavy atom. The van der Waals surface area contributed by atoms with E-state index in [0.717, 1.165) is 0 Å². The minimum absolute atomic E-state index is 0.110. The monoisotopic (exact) mass is 343 g/mol. The summed E-state index contributed by atoms with van der Waals surface area (Å²) in [5, 5.41) is 0.434. The first-order valence-electron chi connectivity index (χ1n) is 6.59. The average Bonchev–Trinajstić information content (AvgIpc) is 2.97. The molecule has 0 aromatic carbocycles. The second-order valence-corrected chi connectivity index (χ2v) is 4.51. The number of amides is 4. The molecule has 2 aliphatic heterocycles. The van der Waals surface area contributed by atoms with Gasteiger partial charge in [-0.2, -0.15) is 0 Å². The lowest BCUT2D eigenvalue weighted by Gasteiger charge is -2.17. The summed E-state index contributed by atoms with van der Waals surface area (Å²) >= 11 is 0. The SMILES string of the molecule is [CH2]C(OC(=O)ON1C(=O)CCC1=O)OC(=O)ON1C(=O)CCC1=O. The predicted molar refractivity (Wildman–Crippen MR) is 66.5 cm³/mol. The van der Waals surface area contributed by atoms with Gasteiger partial charge in [-0.1, -0.05) is 10.1 Å². The number of hydrogen-bond donors (Lipinski definition) is 0. The lowest BCUT2D eigenvalue weighted by atomic mass is 10.4. The third kappa shape index (κ3) is 3.97. The third-order valence-electron chi connectivity index (χ3n) is 2.80. The highest BCUT2D eigenvalue weighted by molar-refractivity contribution is 6.02. The van der Waals surface area contributed by atoms with Crippen LogP contribution in [0.15, 0.2) is 0 Å². The van der Waals surface area contributed by atoms with E-state index in [-0.39, 0.29) is 35.8 Å². The molecule has 2 heterocycles. The maximum Gasteiger partial charge on any atom is 0.537 e. The van der Waals surface area contributed by atoms with Crippen LogP contribution >= 0.6 is 0 Å². The van der Waals surface area contributed by atoms with E-state index in [9.17, 15) is 28.8 Å². The number of rotatable bonds is 4. The van der Waals surface area contributed by atoms with Crippen molar-refractivity contribution < 1.29 is 47.9 Å². The molecule has 12 heteroatoms. The van der Waals surface area contributed by atoms with Gasteiger partial charge in [-0.15, -0.1) is 0 Å². The molecular formula is C12H11N2O10. The Balaban J connectivity index is 1.76. The number of carbonyl (C=O) groups excluding carboxylic acids is 6. The highest BCUT2D eigenvalue weighted by Gasteiger charge is 2.35. The van der Waals surface area contributed by atoms with Gasteiger partial charge in [0.1, 0.15) is 0 Å². The predicted octanol–water partition coefficient (Wildman–Crippen LogP) is -0.419. The summed E-state index contributed by atoms with van der Waals surface area (Å²) in [7, 11) is 0. The normalized spacial score (nSPS) is 17.6. The van der Waals surface area contributed by atoms with Crippen molar-refractivity contribution in [3.05, 3.63) is 6.92 Å². The summed E-state index contributed by atoms with van der Waals surface area (Å²) in [5.74, 6) is -2.93. The van der Waals surface area contributed by atoms with Crippen molar-refractivity contribution in [1.82, 2.24) is 10.1 Å². The van der Waals surface area contributed by atoms with E-state index in [1.807, 2.05) is 0 Å². The largest absolute Gasteiger partial charge is 0.537 e. The molecule has 2 fully saturated rings. The van der Waals surface area contributed by atoms with Crippen LogP contribution in [0, 0.1) is 6.92 Å². The van der Waals surface area contributed by atoms with Crippen molar-refractivity contribution >= 4 is 35.9 Å². The summed E-state index contributed by atoms with van der Waals surface area (Å²) in [5.41, 5.74) is 0. The summed E-state index contributed by atoms with van der Waals surface area (Å²) < 4.78 is 8.74. The van der Waals surface area contributed by atoms with E-state index in [1.165, 1.54) is 0 Å². The zero-order chi connectivity index (χ0) is 17.9. The number of imide groups is 2. The van der Waals surface area contributed by atoms with Crippen LogP contribution in [-0.2, 0) is 38.3 Å². The van der Waals surface area contributed by atoms with Crippen molar-refractivity contribution in [2.24, 2.45) is 0 Å². The summed E-state index contributed by atoms with van der Waals surface area (Å²) in [4.78, 5) is 76.3. The molecular weight excluding hydrogens is 332 g/mol. The molecule has 0 atom stereocenters. The maximum atomic E-state index is 11.3. The molecule has 0 unspecified atom stereocenters. The van der Waals surface area contributed by atoms with Crippen LogP contribution in [0.2, 0.25) is 0 Å². The first kappa shape index (κ1) is 17.2. The molecule has 2 rings (SSSR count). The summed E-state index contributed by atoms with van der Waals surface area (Å²) in [6.07, 6.45) is -5.28. The Labute approximate surface area is 134 Å². The van der Waals surface area contributed by atoms with Crippen LogP contribution in [0.3, 0.4) is 0 Å². The van der Waals surface area contributed by atoms with Gasteiger partial charge in [0.05, 0.1) is 0 Å². The van der Waals surface area contributed by atoms with Crippen LogP contribution in [0.5, 0.6) is 0 Å².